The van der Waals surface area contributed by atoms with E-state index in [-0.39, 0.29) is 24.2 Å². The van der Waals surface area contributed by atoms with Crippen LogP contribution in [0.15, 0.2) is 72.9 Å². The van der Waals surface area contributed by atoms with E-state index in [1.165, 1.54) is 24.3 Å². The number of amides is 1. The zero-order valence-electron chi connectivity index (χ0n) is 20.2. The molecule has 1 heterocycles. The van der Waals surface area contributed by atoms with Crippen LogP contribution in [0, 0.1) is 10.1 Å². The average molecular weight is 512 g/mol. The monoisotopic (exact) mass is 511 g/mol. The lowest BCUT2D eigenvalue weighted by Crippen LogP contribution is -2.40. The molecule has 2 aromatic carbocycles. The quantitative estimate of drug-likeness (QED) is 0.189. The van der Waals surface area contributed by atoms with E-state index in [0.717, 1.165) is 49.9 Å². The number of aromatic nitrogens is 1. The van der Waals surface area contributed by atoms with Crippen molar-refractivity contribution in [2.24, 2.45) is 0 Å². The van der Waals surface area contributed by atoms with Crippen molar-refractivity contribution in [3.05, 3.63) is 105 Å². The zero-order valence-corrected chi connectivity index (χ0v) is 20.2. The fourth-order valence-corrected chi connectivity index (χ4v) is 4.71. The minimum absolute atomic E-state index is 0.0196. The van der Waals surface area contributed by atoms with Gasteiger partial charge >= 0.3 is 6.18 Å². The summed E-state index contributed by atoms with van der Waals surface area (Å²) < 4.78 is 41.3. The minimum atomic E-state index is -4.41. The Morgan fingerprint density at radius 1 is 1.05 bits per heavy atom. The Balaban J connectivity index is 1.53. The smallest absolute Gasteiger partial charge is 0.345 e. The summed E-state index contributed by atoms with van der Waals surface area (Å²) in [4.78, 5) is 25.6. The number of hydrogen-bond acceptors (Lipinski definition) is 3. The Bertz CT molecular complexity index is 1260. The molecule has 1 saturated carbocycles. The van der Waals surface area contributed by atoms with Crippen LogP contribution in [0.3, 0.4) is 0 Å². The molecule has 4 rings (SSSR count). The molecule has 0 N–H and O–H groups in total. The molecule has 0 aliphatic heterocycles. The third-order valence-electron chi connectivity index (χ3n) is 6.68. The SMILES string of the molecule is O=C(C=Cc1ccc([N+](=O)[O-])cc1)N(Cc1cccn1Cc1cccc(C(F)(F)F)c1)C1CCCCC1. The van der Waals surface area contributed by atoms with Crippen LogP contribution in [0.5, 0.6) is 0 Å². The molecule has 1 amide bonds. The molecular weight excluding hydrogens is 483 g/mol. The second-order valence-corrected chi connectivity index (χ2v) is 9.27. The van der Waals surface area contributed by atoms with E-state index in [9.17, 15) is 28.1 Å². The predicted octanol–water partition coefficient (Wildman–Crippen LogP) is 6.84. The van der Waals surface area contributed by atoms with Gasteiger partial charge in [-0.3, -0.25) is 14.9 Å². The molecule has 0 atom stereocenters. The lowest BCUT2D eigenvalue weighted by atomic mass is 9.94. The van der Waals surface area contributed by atoms with E-state index in [4.69, 9.17) is 0 Å². The number of benzene rings is 2. The molecule has 6 nitrogen and oxygen atoms in total. The maximum absolute atomic E-state index is 13.3. The minimum Gasteiger partial charge on any atom is -0.345 e. The summed E-state index contributed by atoms with van der Waals surface area (Å²) in [6.07, 6.45) is 5.51. The van der Waals surface area contributed by atoms with Crippen LogP contribution < -0.4 is 0 Å². The molecule has 9 heteroatoms. The molecule has 37 heavy (non-hydrogen) atoms. The molecule has 194 valence electrons. The van der Waals surface area contributed by atoms with Crippen molar-refractivity contribution >= 4 is 17.7 Å². The van der Waals surface area contributed by atoms with Crippen LogP contribution in [0.4, 0.5) is 18.9 Å². The van der Waals surface area contributed by atoms with Gasteiger partial charge < -0.3 is 9.47 Å². The highest BCUT2D eigenvalue weighted by Crippen LogP contribution is 2.30. The number of halogens is 3. The first-order chi connectivity index (χ1) is 17.7. The number of non-ortho nitro benzene ring substituents is 1. The number of carbonyl (C=O) groups excluding carboxylic acids is 1. The number of hydrogen-bond donors (Lipinski definition) is 0. The second-order valence-electron chi connectivity index (χ2n) is 9.27. The van der Waals surface area contributed by atoms with Crippen molar-refractivity contribution in [1.82, 2.24) is 9.47 Å². The van der Waals surface area contributed by atoms with Crippen LogP contribution in [-0.4, -0.2) is 26.3 Å². The summed E-state index contributed by atoms with van der Waals surface area (Å²) in [6.45, 7) is 0.595. The Kier molecular flexibility index (Phi) is 8.11. The van der Waals surface area contributed by atoms with E-state index >= 15 is 0 Å². The first kappa shape index (κ1) is 26.2. The number of nitrogens with zero attached hydrogens (tertiary/aromatic N) is 3. The normalized spacial score (nSPS) is 14.7. The van der Waals surface area contributed by atoms with Crippen LogP contribution >= 0.6 is 0 Å². The van der Waals surface area contributed by atoms with Crippen molar-refractivity contribution in [2.75, 3.05) is 0 Å². The van der Waals surface area contributed by atoms with Crippen molar-refractivity contribution in [3.63, 3.8) is 0 Å². The van der Waals surface area contributed by atoms with Gasteiger partial charge in [0, 0.05) is 42.7 Å². The van der Waals surface area contributed by atoms with Crippen molar-refractivity contribution in [3.8, 4) is 0 Å². The number of nitro benzene ring substituents is 1. The highest BCUT2D eigenvalue weighted by atomic mass is 19.4. The number of rotatable bonds is 8. The third-order valence-corrected chi connectivity index (χ3v) is 6.68. The lowest BCUT2D eigenvalue weighted by molar-refractivity contribution is -0.384. The summed E-state index contributed by atoms with van der Waals surface area (Å²) in [5.74, 6) is -0.169. The van der Waals surface area contributed by atoms with Crippen LogP contribution in [0.1, 0.15) is 54.5 Å². The molecule has 0 bridgehead atoms. The number of nitro groups is 1. The maximum Gasteiger partial charge on any atom is 0.416 e. The molecule has 3 aromatic rings. The van der Waals surface area contributed by atoms with E-state index in [0.29, 0.717) is 17.7 Å². The fourth-order valence-electron chi connectivity index (χ4n) is 4.71. The zero-order chi connectivity index (χ0) is 26.4. The molecule has 0 radical (unpaired) electrons. The summed E-state index contributed by atoms with van der Waals surface area (Å²) in [6, 6.07) is 15.0. The van der Waals surface area contributed by atoms with Gasteiger partial charge in [-0.2, -0.15) is 13.2 Å². The molecule has 0 saturated heterocycles. The average Bonchev–Trinajstić information content (AvgIpc) is 3.32. The number of carbonyl (C=O) groups is 1. The van der Waals surface area contributed by atoms with Gasteiger partial charge in [0.1, 0.15) is 0 Å². The van der Waals surface area contributed by atoms with E-state index < -0.39 is 16.7 Å². The van der Waals surface area contributed by atoms with Crippen LogP contribution in [0.2, 0.25) is 0 Å². The maximum atomic E-state index is 13.3. The van der Waals surface area contributed by atoms with Crippen molar-refractivity contribution in [2.45, 2.75) is 57.4 Å². The Labute approximate surface area is 213 Å². The van der Waals surface area contributed by atoms with E-state index in [2.05, 4.69) is 0 Å². The molecule has 1 aromatic heterocycles. The Morgan fingerprint density at radius 2 is 1.78 bits per heavy atom. The summed E-state index contributed by atoms with van der Waals surface area (Å²) >= 11 is 0. The number of alkyl halides is 3. The third kappa shape index (κ3) is 6.87. The first-order valence-corrected chi connectivity index (χ1v) is 12.2. The molecule has 0 unspecified atom stereocenters. The van der Waals surface area contributed by atoms with Gasteiger partial charge in [-0.1, -0.05) is 31.4 Å². The standard InChI is InChI=1S/C28H28F3N3O3/c29-28(30,31)23-7-4-6-22(18-23)19-32-17-5-10-26(32)20-33(24-8-2-1-3-9-24)27(35)16-13-21-11-14-25(15-12-21)34(36)37/h4-7,10-18,24H,1-3,8-9,19-20H2. The van der Waals surface area contributed by atoms with E-state index in [1.807, 2.05) is 27.8 Å². The van der Waals surface area contributed by atoms with Crippen molar-refractivity contribution < 1.29 is 22.9 Å². The van der Waals surface area contributed by atoms with Crippen molar-refractivity contribution in [1.29, 1.82) is 0 Å². The highest BCUT2D eigenvalue weighted by Gasteiger charge is 2.30. The predicted molar refractivity (Wildman–Crippen MR) is 135 cm³/mol. The lowest BCUT2D eigenvalue weighted by Gasteiger charge is -2.34. The van der Waals surface area contributed by atoms with E-state index in [1.54, 1.807) is 24.3 Å². The largest absolute Gasteiger partial charge is 0.416 e. The van der Waals surface area contributed by atoms with Gasteiger partial charge in [0.25, 0.3) is 5.69 Å². The summed E-state index contributed by atoms with van der Waals surface area (Å²) in [5, 5.41) is 10.9. The second kappa shape index (κ2) is 11.5. The van der Waals surface area contributed by atoms with Gasteiger partial charge in [-0.05, 0) is 66.4 Å². The molecular formula is C28H28F3N3O3. The first-order valence-electron chi connectivity index (χ1n) is 12.2. The topological polar surface area (TPSA) is 68.4 Å². The van der Waals surface area contributed by atoms with Gasteiger partial charge in [0.15, 0.2) is 0 Å². The van der Waals surface area contributed by atoms with Gasteiger partial charge in [0.05, 0.1) is 17.0 Å². The molecule has 1 aliphatic rings. The van der Waals surface area contributed by atoms with Gasteiger partial charge in [0.2, 0.25) is 5.91 Å². The molecule has 1 fully saturated rings. The van der Waals surface area contributed by atoms with Crippen LogP contribution in [0.25, 0.3) is 6.08 Å². The summed E-state index contributed by atoms with van der Waals surface area (Å²) in [5.41, 5.74) is 1.33. The van der Waals surface area contributed by atoms with Gasteiger partial charge in [-0.15, -0.1) is 0 Å². The van der Waals surface area contributed by atoms with Crippen LogP contribution in [-0.2, 0) is 24.1 Å². The Hall–Kier alpha value is -3.88. The Morgan fingerprint density at radius 3 is 2.46 bits per heavy atom. The molecule has 1 aliphatic carbocycles. The van der Waals surface area contributed by atoms with Gasteiger partial charge in [-0.25, -0.2) is 0 Å². The highest BCUT2D eigenvalue weighted by molar-refractivity contribution is 5.92. The summed E-state index contributed by atoms with van der Waals surface area (Å²) in [7, 11) is 0. The molecule has 0 spiro atoms. The fraction of sp³-hybridized carbons (Fsp3) is 0.321.